The van der Waals surface area contributed by atoms with Crippen LogP contribution in [0.5, 0.6) is 0 Å². The van der Waals surface area contributed by atoms with Crippen LogP contribution in [0.3, 0.4) is 0 Å². The number of nitrogens with two attached hydrogens (primary N) is 1. The lowest BCUT2D eigenvalue weighted by Gasteiger charge is -1.98. The highest BCUT2D eigenvalue weighted by molar-refractivity contribution is 9.10. The van der Waals surface area contributed by atoms with Crippen molar-refractivity contribution in [3.8, 4) is 0 Å². The summed E-state index contributed by atoms with van der Waals surface area (Å²) in [6, 6.07) is 4.19. The molecule has 3 heteroatoms. The van der Waals surface area contributed by atoms with Crippen molar-refractivity contribution in [2.75, 3.05) is 6.54 Å². The Morgan fingerprint density at radius 3 is 2.93 bits per heavy atom. The zero-order chi connectivity index (χ0) is 10.1. The van der Waals surface area contributed by atoms with E-state index in [0.717, 1.165) is 16.5 Å². The van der Waals surface area contributed by atoms with E-state index in [1.807, 2.05) is 0 Å². The Morgan fingerprint density at radius 1 is 1.43 bits per heavy atom. The molecule has 2 nitrogen and oxygen atoms in total. The first kappa shape index (κ1) is 9.74. The Hall–Kier alpha value is -0.800. The molecule has 0 bridgehead atoms. The fourth-order valence-corrected chi connectivity index (χ4v) is 2.30. The number of fused-ring (bicyclic) bond motifs is 1. The third kappa shape index (κ3) is 1.57. The zero-order valence-corrected chi connectivity index (χ0v) is 9.60. The molecule has 0 amide bonds. The van der Waals surface area contributed by atoms with Gasteiger partial charge in [-0.3, -0.25) is 0 Å². The van der Waals surface area contributed by atoms with Gasteiger partial charge >= 0.3 is 0 Å². The molecule has 1 heterocycles. The van der Waals surface area contributed by atoms with Crippen LogP contribution in [-0.4, -0.2) is 6.54 Å². The Kier molecular flexibility index (Phi) is 2.61. The second-order valence-corrected chi connectivity index (χ2v) is 4.28. The van der Waals surface area contributed by atoms with Crippen LogP contribution < -0.4 is 5.73 Å². The lowest BCUT2D eigenvalue weighted by molar-refractivity contribution is 0.608. The molecule has 1 aromatic carbocycles. The summed E-state index contributed by atoms with van der Waals surface area (Å²) in [5.74, 6) is 0. The smallest absolute Gasteiger partial charge is 0.148 e. The lowest BCUT2D eigenvalue weighted by atomic mass is 10.1. The summed E-state index contributed by atoms with van der Waals surface area (Å²) in [6.45, 7) is 2.73. The van der Waals surface area contributed by atoms with Crippen LogP contribution in [0.15, 0.2) is 27.3 Å². The first-order chi connectivity index (χ1) is 6.72. The van der Waals surface area contributed by atoms with E-state index >= 15 is 0 Å². The molecule has 2 aromatic rings. The molecule has 1 aromatic heterocycles. The van der Waals surface area contributed by atoms with Crippen LogP contribution in [0.1, 0.15) is 11.1 Å². The fourth-order valence-electron chi connectivity index (χ4n) is 1.63. The minimum atomic E-state index is 0.653. The normalized spacial score (nSPS) is 11.1. The van der Waals surface area contributed by atoms with Gasteiger partial charge in [0.25, 0.3) is 0 Å². The van der Waals surface area contributed by atoms with Gasteiger partial charge in [0.2, 0.25) is 0 Å². The molecule has 0 saturated carbocycles. The highest BCUT2D eigenvalue weighted by Crippen LogP contribution is 2.29. The van der Waals surface area contributed by atoms with Crippen LogP contribution >= 0.6 is 15.9 Å². The predicted molar refractivity (Wildman–Crippen MR) is 61.4 cm³/mol. The second kappa shape index (κ2) is 3.75. The first-order valence-electron chi connectivity index (χ1n) is 4.58. The Bertz CT molecular complexity index is 462. The third-order valence-electron chi connectivity index (χ3n) is 2.27. The molecule has 0 atom stereocenters. The maximum Gasteiger partial charge on any atom is 0.148 e. The Balaban J connectivity index is 2.66. The molecular weight excluding hydrogens is 242 g/mol. The Morgan fingerprint density at radius 2 is 2.21 bits per heavy atom. The molecule has 0 spiro atoms. The minimum Gasteiger partial charge on any atom is -0.463 e. The highest BCUT2D eigenvalue weighted by atomic mass is 79.9. The van der Waals surface area contributed by atoms with Gasteiger partial charge in [-0.1, -0.05) is 0 Å². The zero-order valence-electron chi connectivity index (χ0n) is 8.01. The number of benzene rings is 1. The number of hydrogen-bond donors (Lipinski definition) is 1. The molecule has 0 aliphatic rings. The van der Waals surface area contributed by atoms with Crippen molar-refractivity contribution in [3.63, 3.8) is 0 Å². The second-order valence-electron chi connectivity index (χ2n) is 3.42. The van der Waals surface area contributed by atoms with Crippen molar-refractivity contribution in [2.45, 2.75) is 13.3 Å². The summed E-state index contributed by atoms with van der Waals surface area (Å²) >= 11 is 3.49. The Labute approximate surface area is 91.2 Å². The van der Waals surface area contributed by atoms with Crippen molar-refractivity contribution in [3.05, 3.63) is 34.0 Å². The van der Waals surface area contributed by atoms with Gasteiger partial charge in [-0.15, -0.1) is 0 Å². The molecule has 14 heavy (non-hydrogen) atoms. The monoisotopic (exact) mass is 253 g/mol. The third-order valence-corrected chi connectivity index (χ3v) is 2.86. The van der Waals surface area contributed by atoms with Crippen LogP contribution in [0.2, 0.25) is 0 Å². The average molecular weight is 254 g/mol. The van der Waals surface area contributed by atoms with E-state index in [0.29, 0.717) is 6.54 Å². The maximum absolute atomic E-state index is 5.53. The van der Waals surface area contributed by atoms with E-state index in [2.05, 4.69) is 35.0 Å². The van der Waals surface area contributed by atoms with Crippen molar-refractivity contribution >= 4 is 26.9 Å². The van der Waals surface area contributed by atoms with Crippen molar-refractivity contribution in [2.24, 2.45) is 5.73 Å². The maximum atomic E-state index is 5.53. The lowest BCUT2D eigenvalue weighted by Crippen LogP contribution is -2.01. The standard InChI is InChI=1S/C11H12BrNO/c1-7-4-9-8(2-3-13)6-14-11(9)10(12)5-7/h4-6H,2-3,13H2,1H3. The SMILES string of the molecule is Cc1cc(Br)c2occ(CCN)c2c1. The van der Waals surface area contributed by atoms with E-state index in [9.17, 15) is 0 Å². The summed E-state index contributed by atoms with van der Waals surface area (Å²) in [6.07, 6.45) is 2.66. The van der Waals surface area contributed by atoms with Gasteiger partial charge in [-0.2, -0.15) is 0 Å². The number of furan rings is 1. The summed E-state index contributed by atoms with van der Waals surface area (Å²) in [7, 11) is 0. The number of aryl methyl sites for hydroxylation is 1. The molecule has 0 saturated heterocycles. The van der Waals surface area contributed by atoms with Gasteiger partial charge in [0.1, 0.15) is 5.58 Å². The summed E-state index contributed by atoms with van der Waals surface area (Å²) in [4.78, 5) is 0. The van der Waals surface area contributed by atoms with E-state index in [-0.39, 0.29) is 0 Å². The van der Waals surface area contributed by atoms with E-state index < -0.39 is 0 Å². The molecule has 2 rings (SSSR count). The van der Waals surface area contributed by atoms with Gasteiger partial charge in [0.05, 0.1) is 10.7 Å². The van der Waals surface area contributed by atoms with Gasteiger partial charge in [0.15, 0.2) is 0 Å². The van der Waals surface area contributed by atoms with Crippen LogP contribution in [0.4, 0.5) is 0 Å². The number of hydrogen-bond acceptors (Lipinski definition) is 2. The summed E-state index contributed by atoms with van der Waals surface area (Å²) in [5, 5.41) is 1.17. The molecule has 0 fully saturated rings. The number of rotatable bonds is 2. The van der Waals surface area contributed by atoms with Crippen LogP contribution in [-0.2, 0) is 6.42 Å². The van der Waals surface area contributed by atoms with Crippen molar-refractivity contribution < 1.29 is 4.42 Å². The van der Waals surface area contributed by atoms with Gasteiger partial charge < -0.3 is 10.2 Å². The van der Waals surface area contributed by atoms with Gasteiger partial charge in [-0.05, 0) is 59.1 Å². The van der Waals surface area contributed by atoms with Gasteiger partial charge in [0, 0.05) is 5.39 Å². The topological polar surface area (TPSA) is 39.2 Å². The average Bonchev–Trinajstić information content (AvgIpc) is 2.49. The quantitative estimate of drug-likeness (QED) is 0.894. The molecular formula is C11H12BrNO. The molecule has 0 aliphatic heterocycles. The summed E-state index contributed by atoms with van der Waals surface area (Å²) in [5.41, 5.74) is 8.86. The molecule has 0 radical (unpaired) electrons. The molecule has 0 aliphatic carbocycles. The van der Waals surface area contributed by atoms with Crippen LogP contribution in [0, 0.1) is 6.92 Å². The minimum absolute atomic E-state index is 0.653. The van der Waals surface area contributed by atoms with Crippen molar-refractivity contribution in [1.82, 2.24) is 0 Å². The molecule has 0 unspecified atom stereocenters. The molecule has 74 valence electrons. The van der Waals surface area contributed by atoms with Crippen LogP contribution in [0.25, 0.3) is 11.0 Å². The predicted octanol–water partition coefficient (Wildman–Crippen LogP) is 3.00. The number of halogens is 1. The van der Waals surface area contributed by atoms with E-state index in [4.69, 9.17) is 10.2 Å². The largest absolute Gasteiger partial charge is 0.463 e. The van der Waals surface area contributed by atoms with E-state index in [1.54, 1.807) is 6.26 Å². The van der Waals surface area contributed by atoms with E-state index in [1.165, 1.54) is 16.5 Å². The fraction of sp³-hybridized carbons (Fsp3) is 0.273. The highest BCUT2D eigenvalue weighted by Gasteiger charge is 2.08. The molecule has 2 N–H and O–H groups in total. The summed E-state index contributed by atoms with van der Waals surface area (Å²) < 4.78 is 6.49. The van der Waals surface area contributed by atoms with Crippen molar-refractivity contribution in [1.29, 1.82) is 0 Å². The first-order valence-corrected chi connectivity index (χ1v) is 5.38. The van der Waals surface area contributed by atoms with Gasteiger partial charge in [-0.25, -0.2) is 0 Å².